The van der Waals surface area contributed by atoms with Crippen molar-refractivity contribution in [1.82, 2.24) is 15.3 Å². The number of rotatable bonds is 6. The molecule has 3 N–H and O–H groups in total. The highest BCUT2D eigenvalue weighted by Crippen LogP contribution is 2.18. The minimum absolute atomic E-state index is 0.196. The predicted molar refractivity (Wildman–Crippen MR) is 98.3 cm³/mol. The number of carbonyl (C=O) groups is 1. The van der Waals surface area contributed by atoms with Crippen molar-refractivity contribution in [3.8, 4) is 0 Å². The summed E-state index contributed by atoms with van der Waals surface area (Å²) in [6, 6.07) is 9.05. The van der Waals surface area contributed by atoms with Crippen LogP contribution in [0.25, 0.3) is 11.0 Å². The topological polar surface area (TPSA) is 60.7 Å². The number of benzene rings is 2. The number of carbonyl (C=O) groups excluding carboxylic acids is 1. The van der Waals surface area contributed by atoms with Gasteiger partial charge in [0, 0.05) is 18.1 Å². The van der Waals surface area contributed by atoms with Crippen LogP contribution in [-0.4, -0.2) is 28.2 Å². The number of hydrogen-bond donors (Lipinski definition) is 3. The Labute approximate surface area is 152 Å². The van der Waals surface area contributed by atoms with Crippen LogP contribution in [0.4, 0.5) is 8.78 Å². The number of hydrogen-bond acceptors (Lipinski definition) is 3. The lowest BCUT2D eigenvalue weighted by molar-refractivity contribution is 0.0957. The number of halogens is 2. The number of imidazole rings is 1. The second-order valence-electron chi connectivity index (χ2n) is 5.35. The SMILES string of the molecule is O=C(NCCSCc1ccccc1F)c1cc(F)cc2[nH]c(=S)[nH]c12. The largest absolute Gasteiger partial charge is 0.351 e. The first-order valence-corrected chi connectivity index (χ1v) is 9.12. The van der Waals surface area contributed by atoms with Gasteiger partial charge in [-0.15, -0.1) is 0 Å². The highest BCUT2D eigenvalue weighted by molar-refractivity contribution is 7.98. The van der Waals surface area contributed by atoms with E-state index in [0.29, 0.717) is 39.4 Å². The number of amides is 1. The summed E-state index contributed by atoms with van der Waals surface area (Å²) in [5.74, 6) is 0.00116. The van der Waals surface area contributed by atoms with Gasteiger partial charge in [-0.25, -0.2) is 8.78 Å². The van der Waals surface area contributed by atoms with E-state index in [1.54, 1.807) is 18.2 Å². The fourth-order valence-corrected chi connectivity index (χ4v) is 3.47. The van der Waals surface area contributed by atoms with Crippen molar-refractivity contribution in [1.29, 1.82) is 0 Å². The molecule has 0 fully saturated rings. The maximum Gasteiger partial charge on any atom is 0.253 e. The molecule has 4 nitrogen and oxygen atoms in total. The molecule has 0 aliphatic carbocycles. The van der Waals surface area contributed by atoms with E-state index >= 15 is 0 Å². The maximum absolute atomic E-state index is 13.6. The second-order valence-corrected chi connectivity index (χ2v) is 6.87. The Hall–Kier alpha value is -2.19. The van der Waals surface area contributed by atoms with Gasteiger partial charge in [0.25, 0.3) is 5.91 Å². The smallest absolute Gasteiger partial charge is 0.253 e. The fourth-order valence-electron chi connectivity index (χ4n) is 2.42. The van der Waals surface area contributed by atoms with E-state index in [4.69, 9.17) is 12.2 Å². The van der Waals surface area contributed by atoms with Gasteiger partial charge in [-0.2, -0.15) is 11.8 Å². The molecule has 0 aliphatic rings. The van der Waals surface area contributed by atoms with E-state index in [9.17, 15) is 13.6 Å². The summed E-state index contributed by atoms with van der Waals surface area (Å²) in [6.07, 6.45) is 0. The van der Waals surface area contributed by atoms with Crippen molar-refractivity contribution in [2.24, 2.45) is 0 Å². The predicted octanol–water partition coefficient (Wildman–Crippen LogP) is 4.17. The molecule has 3 aromatic rings. The summed E-state index contributed by atoms with van der Waals surface area (Å²) in [6.45, 7) is 0.390. The zero-order chi connectivity index (χ0) is 17.8. The van der Waals surface area contributed by atoms with Gasteiger partial charge in [-0.05, 0) is 36.0 Å². The molecule has 1 amide bonds. The number of H-pyrrole nitrogens is 2. The molecule has 1 aromatic heterocycles. The molecule has 0 bridgehead atoms. The van der Waals surface area contributed by atoms with Crippen LogP contribution in [0.2, 0.25) is 0 Å². The van der Waals surface area contributed by atoms with E-state index in [1.807, 2.05) is 0 Å². The Balaban J connectivity index is 1.56. The van der Waals surface area contributed by atoms with Gasteiger partial charge in [-0.3, -0.25) is 4.79 Å². The molecule has 3 rings (SSSR count). The van der Waals surface area contributed by atoms with E-state index in [0.717, 1.165) is 0 Å². The molecule has 0 aliphatic heterocycles. The number of nitrogens with one attached hydrogen (secondary N) is 3. The molecule has 0 radical (unpaired) electrons. The van der Waals surface area contributed by atoms with Gasteiger partial charge in [-0.1, -0.05) is 18.2 Å². The monoisotopic (exact) mass is 379 g/mol. The first kappa shape index (κ1) is 17.6. The Kier molecular flexibility index (Phi) is 5.50. The molecule has 2 aromatic carbocycles. The average Bonchev–Trinajstić information content (AvgIpc) is 2.95. The summed E-state index contributed by atoms with van der Waals surface area (Å²) in [5.41, 5.74) is 1.75. The molecule has 0 saturated carbocycles. The zero-order valence-electron chi connectivity index (χ0n) is 13.1. The lowest BCUT2D eigenvalue weighted by Gasteiger charge is -2.07. The van der Waals surface area contributed by atoms with Crippen molar-refractivity contribution < 1.29 is 13.6 Å². The van der Waals surface area contributed by atoms with E-state index in [2.05, 4.69) is 15.3 Å². The Bertz CT molecular complexity index is 968. The van der Waals surface area contributed by atoms with Gasteiger partial charge in [0.15, 0.2) is 4.77 Å². The first-order valence-electron chi connectivity index (χ1n) is 7.55. The van der Waals surface area contributed by atoms with Crippen LogP contribution in [0.3, 0.4) is 0 Å². The Morgan fingerprint density at radius 3 is 2.80 bits per heavy atom. The molecule has 0 atom stereocenters. The van der Waals surface area contributed by atoms with Gasteiger partial charge < -0.3 is 15.3 Å². The molecule has 130 valence electrons. The van der Waals surface area contributed by atoms with Crippen LogP contribution in [0.15, 0.2) is 36.4 Å². The molecule has 0 spiro atoms. The molecular formula is C17H15F2N3OS2. The van der Waals surface area contributed by atoms with Crippen LogP contribution in [0.1, 0.15) is 15.9 Å². The van der Waals surface area contributed by atoms with E-state index in [1.165, 1.54) is 30.0 Å². The molecule has 1 heterocycles. The van der Waals surface area contributed by atoms with E-state index < -0.39 is 5.82 Å². The third-order valence-electron chi connectivity index (χ3n) is 3.58. The standard InChI is InChI=1S/C17H15F2N3OS2/c18-11-7-12(15-14(8-11)21-17(24)22-15)16(23)20-5-6-25-9-10-3-1-2-4-13(10)19/h1-4,7-8H,5-6,9H2,(H,20,23)(H2,21,22,24). The maximum atomic E-state index is 13.6. The summed E-state index contributed by atoms with van der Waals surface area (Å²) in [7, 11) is 0. The van der Waals surface area contributed by atoms with E-state index in [-0.39, 0.29) is 17.3 Å². The normalized spacial score (nSPS) is 11.0. The second kappa shape index (κ2) is 7.79. The van der Waals surface area contributed by atoms with Crippen molar-refractivity contribution >= 4 is 40.9 Å². The number of aromatic nitrogens is 2. The Morgan fingerprint density at radius 2 is 2.00 bits per heavy atom. The van der Waals surface area contributed by atoms with Crippen LogP contribution < -0.4 is 5.32 Å². The number of fused-ring (bicyclic) bond motifs is 1. The van der Waals surface area contributed by atoms with Crippen molar-refractivity contribution in [2.45, 2.75) is 5.75 Å². The highest BCUT2D eigenvalue weighted by Gasteiger charge is 2.13. The lowest BCUT2D eigenvalue weighted by Crippen LogP contribution is -2.26. The molecule has 25 heavy (non-hydrogen) atoms. The summed E-state index contributed by atoms with van der Waals surface area (Å²) in [5, 5.41) is 2.74. The van der Waals surface area contributed by atoms with Crippen LogP contribution in [0, 0.1) is 16.4 Å². The Morgan fingerprint density at radius 1 is 1.20 bits per heavy atom. The minimum Gasteiger partial charge on any atom is -0.351 e. The summed E-state index contributed by atoms with van der Waals surface area (Å²) in [4.78, 5) is 17.9. The first-order chi connectivity index (χ1) is 12.0. The van der Waals surface area contributed by atoms with Crippen molar-refractivity contribution in [2.75, 3.05) is 12.3 Å². The average molecular weight is 379 g/mol. The fraction of sp³-hybridized carbons (Fsp3) is 0.176. The third kappa shape index (κ3) is 4.26. The highest BCUT2D eigenvalue weighted by atomic mass is 32.2. The number of thioether (sulfide) groups is 1. The molecule has 0 saturated heterocycles. The molecular weight excluding hydrogens is 364 g/mol. The van der Waals surface area contributed by atoms with Gasteiger partial charge in [0.2, 0.25) is 0 Å². The summed E-state index contributed by atoms with van der Waals surface area (Å²) < 4.78 is 27.5. The van der Waals surface area contributed by atoms with Gasteiger partial charge >= 0.3 is 0 Å². The number of aromatic amines is 2. The van der Waals surface area contributed by atoms with Crippen LogP contribution >= 0.6 is 24.0 Å². The van der Waals surface area contributed by atoms with Crippen LogP contribution in [0.5, 0.6) is 0 Å². The quantitative estimate of drug-likeness (QED) is 0.445. The lowest BCUT2D eigenvalue weighted by atomic mass is 10.1. The third-order valence-corrected chi connectivity index (χ3v) is 4.79. The van der Waals surface area contributed by atoms with Gasteiger partial charge in [0.1, 0.15) is 11.6 Å². The molecule has 8 heteroatoms. The molecule has 0 unspecified atom stereocenters. The van der Waals surface area contributed by atoms with Crippen molar-refractivity contribution in [3.63, 3.8) is 0 Å². The van der Waals surface area contributed by atoms with Crippen LogP contribution in [-0.2, 0) is 5.75 Å². The zero-order valence-corrected chi connectivity index (χ0v) is 14.7. The summed E-state index contributed by atoms with van der Waals surface area (Å²) >= 11 is 6.49. The van der Waals surface area contributed by atoms with Gasteiger partial charge in [0.05, 0.1) is 16.6 Å². The van der Waals surface area contributed by atoms with Crippen molar-refractivity contribution in [3.05, 3.63) is 63.9 Å². The minimum atomic E-state index is -0.517.